The molecule has 0 saturated heterocycles. The van der Waals surface area contributed by atoms with Crippen molar-refractivity contribution < 1.29 is 19.4 Å². The Bertz CT molecular complexity index is 373. The highest BCUT2D eigenvalue weighted by Gasteiger charge is 2.27. The average Bonchev–Trinajstić information content (AvgIpc) is 2.29. The van der Waals surface area contributed by atoms with Crippen molar-refractivity contribution in [2.45, 2.75) is 18.9 Å². The first kappa shape index (κ1) is 13.3. The van der Waals surface area contributed by atoms with Crippen LogP contribution in [0.3, 0.4) is 0 Å². The van der Waals surface area contributed by atoms with Crippen molar-refractivity contribution in [2.24, 2.45) is 5.73 Å². The first-order valence-electron chi connectivity index (χ1n) is 5.25. The summed E-state index contributed by atoms with van der Waals surface area (Å²) < 4.78 is 10.4. The van der Waals surface area contributed by atoms with Crippen LogP contribution in [0, 0.1) is 0 Å². The Kier molecular flexibility index (Phi) is 4.34. The zero-order chi connectivity index (χ0) is 12.9. The molecule has 0 aliphatic rings. The molecule has 1 unspecified atom stereocenters. The van der Waals surface area contributed by atoms with Crippen molar-refractivity contribution in [1.82, 2.24) is 0 Å². The molecular formula is C12H17NO4. The minimum absolute atomic E-state index is 0.244. The van der Waals surface area contributed by atoms with Crippen LogP contribution in [0.5, 0.6) is 11.5 Å². The number of aliphatic carboxylic acids is 1. The fourth-order valence-electron chi connectivity index (χ4n) is 1.16. The van der Waals surface area contributed by atoms with Crippen LogP contribution in [0.4, 0.5) is 0 Å². The van der Waals surface area contributed by atoms with E-state index in [0.29, 0.717) is 5.75 Å². The first-order chi connectivity index (χ1) is 7.95. The van der Waals surface area contributed by atoms with Gasteiger partial charge in [0.2, 0.25) is 0 Å². The predicted molar refractivity (Wildman–Crippen MR) is 63.3 cm³/mol. The van der Waals surface area contributed by atoms with Crippen LogP contribution in [0.2, 0.25) is 0 Å². The molecule has 0 bridgehead atoms. The average molecular weight is 239 g/mol. The Labute approximate surface area is 100 Å². The number of ether oxygens (including phenoxy) is 2. The van der Waals surface area contributed by atoms with Crippen LogP contribution in [0.25, 0.3) is 0 Å². The van der Waals surface area contributed by atoms with Crippen LogP contribution in [-0.4, -0.2) is 30.3 Å². The van der Waals surface area contributed by atoms with Gasteiger partial charge in [-0.1, -0.05) is 0 Å². The van der Waals surface area contributed by atoms with Gasteiger partial charge in [0.05, 0.1) is 13.7 Å². The second-order valence-electron chi connectivity index (χ2n) is 4.00. The number of hydrogen-bond donors (Lipinski definition) is 2. The van der Waals surface area contributed by atoms with Gasteiger partial charge in [-0.2, -0.15) is 0 Å². The lowest BCUT2D eigenvalue weighted by atomic mass is 10.0. The molecule has 1 rings (SSSR count). The highest BCUT2D eigenvalue weighted by atomic mass is 16.5. The number of carboxylic acid groups (broad SMARTS) is 1. The fourth-order valence-corrected chi connectivity index (χ4v) is 1.16. The van der Waals surface area contributed by atoms with Gasteiger partial charge < -0.3 is 20.3 Å². The highest BCUT2D eigenvalue weighted by molar-refractivity contribution is 5.77. The quantitative estimate of drug-likeness (QED) is 0.781. The van der Waals surface area contributed by atoms with Crippen LogP contribution < -0.4 is 15.2 Å². The van der Waals surface area contributed by atoms with Crippen LogP contribution in [0.15, 0.2) is 24.3 Å². The molecule has 0 aliphatic heterocycles. The van der Waals surface area contributed by atoms with Gasteiger partial charge in [0.25, 0.3) is 0 Å². The fraction of sp³-hybridized carbons (Fsp3) is 0.417. The van der Waals surface area contributed by atoms with Gasteiger partial charge in [0.15, 0.2) is 0 Å². The number of benzene rings is 1. The van der Waals surface area contributed by atoms with Gasteiger partial charge in [0.1, 0.15) is 17.0 Å². The predicted octanol–water partition coefficient (Wildman–Crippen LogP) is 1.27. The van der Waals surface area contributed by atoms with E-state index < -0.39 is 11.5 Å². The number of hydrogen-bond acceptors (Lipinski definition) is 4. The topological polar surface area (TPSA) is 81.8 Å². The molecule has 94 valence electrons. The molecule has 0 aromatic heterocycles. The third-order valence-corrected chi connectivity index (χ3v) is 2.44. The maximum absolute atomic E-state index is 10.7. The van der Waals surface area contributed by atoms with E-state index in [4.69, 9.17) is 20.3 Å². The van der Waals surface area contributed by atoms with Crippen molar-refractivity contribution >= 4 is 5.97 Å². The Balaban J connectivity index is 2.43. The molecule has 1 aromatic carbocycles. The minimum atomic E-state index is -1.26. The largest absolute Gasteiger partial charge is 0.497 e. The third-order valence-electron chi connectivity index (χ3n) is 2.44. The summed E-state index contributed by atoms with van der Waals surface area (Å²) in [6.07, 6.45) is 0.244. The lowest BCUT2D eigenvalue weighted by molar-refractivity contribution is -0.143. The smallest absolute Gasteiger partial charge is 0.323 e. The van der Waals surface area contributed by atoms with Gasteiger partial charge in [-0.05, 0) is 31.2 Å². The van der Waals surface area contributed by atoms with Gasteiger partial charge in [0, 0.05) is 6.42 Å². The molecule has 0 heterocycles. The van der Waals surface area contributed by atoms with E-state index in [1.54, 1.807) is 31.4 Å². The summed E-state index contributed by atoms with van der Waals surface area (Å²) in [6, 6.07) is 7.06. The lowest BCUT2D eigenvalue weighted by Gasteiger charge is -2.18. The van der Waals surface area contributed by atoms with E-state index in [2.05, 4.69) is 0 Å². The van der Waals surface area contributed by atoms with Crippen molar-refractivity contribution in [3.63, 3.8) is 0 Å². The molecule has 5 heteroatoms. The molecule has 1 aromatic rings. The normalized spacial score (nSPS) is 13.8. The zero-order valence-electron chi connectivity index (χ0n) is 9.97. The molecule has 0 aliphatic carbocycles. The Morgan fingerprint density at radius 3 is 2.35 bits per heavy atom. The summed E-state index contributed by atoms with van der Waals surface area (Å²) in [6.45, 7) is 1.72. The Hall–Kier alpha value is -1.75. The van der Waals surface area contributed by atoms with Crippen molar-refractivity contribution in [1.29, 1.82) is 0 Å². The van der Waals surface area contributed by atoms with Crippen LogP contribution >= 0.6 is 0 Å². The lowest BCUT2D eigenvalue weighted by Crippen LogP contribution is -2.45. The molecule has 5 nitrogen and oxygen atoms in total. The standard InChI is InChI=1S/C12H17NO4/c1-12(13,11(14)15)7-8-17-10-5-3-9(16-2)4-6-10/h3-6H,7-8,13H2,1-2H3,(H,14,15). The summed E-state index contributed by atoms with van der Waals surface area (Å²) in [5, 5.41) is 8.81. The molecular weight excluding hydrogens is 222 g/mol. The second kappa shape index (κ2) is 5.54. The molecule has 0 saturated carbocycles. The monoisotopic (exact) mass is 239 g/mol. The van der Waals surface area contributed by atoms with Crippen LogP contribution in [0.1, 0.15) is 13.3 Å². The number of nitrogens with two attached hydrogens (primary N) is 1. The Morgan fingerprint density at radius 2 is 1.88 bits per heavy atom. The van der Waals surface area contributed by atoms with Gasteiger partial charge >= 0.3 is 5.97 Å². The van der Waals surface area contributed by atoms with E-state index >= 15 is 0 Å². The summed E-state index contributed by atoms with van der Waals surface area (Å²) in [5.41, 5.74) is 4.31. The molecule has 0 radical (unpaired) electrons. The molecule has 1 atom stereocenters. The maximum Gasteiger partial charge on any atom is 0.323 e. The van der Waals surface area contributed by atoms with E-state index in [-0.39, 0.29) is 13.0 Å². The summed E-state index contributed by atoms with van der Waals surface area (Å²) in [7, 11) is 1.59. The van der Waals surface area contributed by atoms with Crippen LogP contribution in [-0.2, 0) is 4.79 Å². The molecule has 0 spiro atoms. The van der Waals surface area contributed by atoms with E-state index in [0.717, 1.165) is 5.75 Å². The summed E-state index contributed by atoms with van der Waals surface area (Å²) in [4.78, 5) is 10.7. The van der Waals surface area contributed by atoms with E-state index in [9.17, 15) is 4.79 Å². The van der Waals surface area contributed by atoms with Crippen molar-refractivity contribution in [3.05, 3.63) is 24.3 Å². The van der Waals surface area contributed by atoms with Gasteiger partial charge in [-0.3, -0.25) is 4.79 Å². The van der Waals surface area contributed by atoms with Crippen molar-refractivity contribution in [2.75, 3.05) is 13.7 Å². The SMILES string of the molecule is COc1ccc(OCCC(C)(N)C(=O)O)cc1. The molecule has 0 amide bonds. The van der Waals surface area contributed by atoms with E-state index in [1.165, 1.54) is 6.92 Å². The second-order valence-corrected chi connectivity index (χ2v) is 4.00. The summed E-state index contributed by atoms with van der Waals surface area (Å²) in [5.74, 6) is 0.370. The number of carboxylic acids is 1. The van der Waals surface area contributed by atoms with Gasteiger partial charge in [-0.15, -0.1) is 0 Å². The molecule has 3 N–H and O–H groups in total. The summed E-state index contributed by atoms with van der Waals surface area (Å²) >= 11 is 0. The van der Waals surface area contributed by atoms with Gasteiger partial charge in [-0.25, -0.2) is 0 Å². The first-order valence-corrected chi connectivity index (χ1v) is 5.25. The minimum Gasteiger partial charge on any atom is -0.497 e. The number of methoxy groups -OCH3 is 1. The molecule has 17 heavy (non-hydrogen) atoms. The van der Waals surface area contributed by atoms with Crippen molar-refractivity contribution in [3.8, 4) is 11.5 Å². The Morgan fingerprint density at radius 1 is 1.35 bits per heavy atom. The number of rotatable bonds is 6. The highest BCUT2D eigenvalue weighted by Crippen LogP contribution is 2.17. The number of carbonyl (C=O) groups is 1. The van der Waals surface area contributed by atoms with E-state index in [1.807, 2.05) is 0 Å². The maximum atomic E-state index is 10.7. The zero-order valence-corrected chi connectivity index (χ0v) is 9.97. The third kappa shape index (κ3) is 3.96. The molecule has 0 fully saturated rings.